The van der Waals surface area contributed by atoms with Crippen molar-refractivity contribution in [3.8, 4) is 0 Å². The fraction of sp³-hybridized carbons (Fsp3) is 0.467. The monoisotopic (exact) mass is 245 g/mol. The lowest BCUT2D eigenvalue weighted by atomic mass is 10.0. The number of allylic oxidation sites excluding steroid dienone is 1. The van der Waals surface area contributed by atoms with Gasteiger partial charge in [0, 0.05) is 12.5 Å². The zero-order chi connectivity index (χ0) is 13.1. The predicted octanol–water partition coefficient (Wildman–Crippen LogP) is 4.23. The van der Waals surface area contributed by atoms with Crippen LogP contribution in [0.3, 0.4) is 0 Å². The van der Waals surface area contributed by atoms with Gasteiger partial charge >= 0.3 is 0 Å². The van der Waals surface area contributed by atoms with Gasteiger partial charge in [-0.15, -0.1) is 0 Å². The molecule has 2 rings (SSSR count). The third-order valence-corrected chi connectivity index (χ3v) is 3.14. The van der Waals surface area contributed by atoms with Gasteiger partial charge in [0.25, 0.3) is 0 Å². The topological polar surface area (TPSA) is 43.1 Å². The molecule has 0 amide bonds. The maximum Gasteiger partial charge on any atom is 0.247 e. The van der Waals surface area contributed by atoms with E-state index in [1.165, 1.54) is 18.4 Å². The molecule has 3 nitrogen and oxygen atoms in total. The van der Waals surface area contributed by atoms with Crippen molar-refractivity contribution < 1.29 is 4.92 Å². The highest BCUT2D eigenvalue weighted by atomic mass is 16.6. The van der Waals surface area contributed by atoms with E-state index in [1.54, 1.807) is 6.08 Å². The quantitative estimate of drug-likeness (QED) is 0.575. The van der Waals surface area contributed by atoms with E-state index in [9.17, 15) is 10.1 Å². The standard InChI is InChI=1S/C15H19NO2/c1-11(2)8-15(16(17)18)10-12-4-3-5-14(9-12)13-6-7-13/h3-5,9-11,13H,6-8H2,1-2H3. The Morgan fingerprint density at radius 2 is 2.22 bits per heavy atom. The van der Waals surface area contributed by atoms with E-state index in [0.717, 1.165) is 5.56 Å². The van der Waals surface area contributed by atoms with Crippen molar-refractivity contribution in [3.63, 3.8) is 0 Å². The lowest BCUT2D eigenvalue weighted by molar-refractivity contribution is -0.427. The lowest BCUT2D eigenvalue weighted by Gasteiger charge is -2.03. The Hall–Kier alpha value is -1.64. The summed E-state index contributed by atoms with van der Waals surface area (Å²) in [4.78, 5) is 10.7. The minimum atomic E-state index is -0.260. The van der Waals surface area contributed by atoms with Crippen molar-refractivity contribution in [2.24, 2.45) is 5.92 Å². The third-order valence-electron chi connectivity index (χ3n) is 3.14. The first-order valence-electron chi connectivity index (χ1n) is 6.51. The van der Waals surface area contributed by atoms with Crippen LogP contribution in [-0.2, 0) is 0 Å². The number of hydrogen-bond acceptors (Lipinski definition) is 2. The third kappa shape index (κ3) is 3.42. The zero-order valence-electron chi connectivity index (χ0n) is 10.9. The van der Waals surface area contributed by atoms with Crippen molar-refractivity contribution in [1.82, 2.24) is 0 Å². The summed E-state index contributed by atoms with van der Waals surface area (Å²) in [5.41, 5.74) is 2.57. The summed E-state index contributed by atoms with van der Waals surface area (Å²) in [7, 11) is 0. The van der Waals surface area contributed by atoms with Crippen molar-refractivity contribution in [3.05, 3.63) is 51.2 Å². The molecule has 1 aliphatic carbocycles. The minimum absolute atomic E-state index is 0.260. The summed E-state index contributed by atoms with van der Waals surface area (Å²) in [5, 5.41) is 11.0. The molecule has 1 fully saturated rings. The Bertz CT molecular complexity index is 473. The summed E-state index contributed by atoms with van der Waals surface area (Å²) in [6, 6.07) is 8.13. The number of hydrogen-bond donors (Lipinski definition) is 0. The average Bonchev–Trinajstić information content (AvgIpc) is 3.11. The summed E-state index contributed by atoms with van der Waals surface area (Å²) in [5.74, 6) is 0.982. The Kier molecular flexibility index (Phi) is 3.80. The fourth-order valence-corrected chi connectivity index (χ4v) is 2.12. The van der Waals surface area contributed by atoms with Gasteiger partial charge in [-0.3, -0.25) is 10.1 Å². The maximum absolute atomic E-state index is 11.0. The van der Waals surface area contributed by atoms with Crippen LogP contribution in [0.15, 0.2) is 30.0 Å². The normalized spacial score (nSPS) is 16.1. The molecule has 0 bridgehead atoms. The highest BCUT2D eigenvalue weighted by molar-refractivity contribution is 5.52. The van der Waals surface area contributed by atoms with Crippen LogP contribution in [0.4, 0.5) is 0 Å². The Morgan fingerprint density at radius 3 is 2.78 bits per heavy atom. The summed E-state index contributed by atoms with van der Waals surface area (Å²) in [6.07, 6.45) is 4.73. The Labute approximate surface area is 108 Å². The second-order valence-corrected chi connectivity index (χ2v) is 5.44. The van der Waals surface area contributed by atoms with E-state index in [-0.39, 0.29) is 4.92 Å². The largest absolute Gasteiger partial charge is 0.259 e. The number of rotatable bonds is 5. The van der Waals surface area contributed by atoms with Gasteiger partial charge in [-0.2, -0.15) is 0 Å². The van der Waals surface area contributed by atoms with Crippen LogP contribution in [0, 0.1) is 16.0 Å². The molecular weight excluding hydrogens is 226 g/mol. The van der Waals surface area contributed by atoms with Gasteiger partial charge in [-0.25, -0.2) is 0 Å². The second-order valence-electron chi connectivity index (χ2n) is 5.44. The molecule has 1 aliphatic rings. The Balaban J connectivity index is 2.22. The van der Waals surface area contributed by atoms with Gasteiger partial charge in [0.15, 0.2) is 0 Å². The highest BCUT2D eigenvalue weighted by Crippen LogP contribution is 2.40. The van der Waals surface area contributed by atoms with Crippen LogP contribution < -0.4 is 0 Å². The van der Waals surface area contributed by atoms with E-state index in [0.29, 0.717) is 24.0 Å². The molecule has 0 aromatic heterocycles. The molecule has 1 aromatic rings. The van der Waals surface area contributed by atoms with Crippen LogP contribution in [-0.4, -0.2) is 4.92 Å². The zero-order valence-corrected chi connectivity index (χ0v) is 10.9. The van der Waals surface area contributed by atoms with Crippen LogP contribution in [0.5, 0.6) is 0 Å². The van der Waals surface area contributed by atoms with E-state index < -0.39 is 0 Å². The van der Waals surface area contributed by atoms with Crippen LogP contribution in [0.1, 0.15) is 50.2 Å². The number of nitro groups is 1. The molecular formula is C15H19NO2. The summed E-state index contributed by atoms with van der Waals surface area (Å²) >= 11 is 0. The first-order valence-corrected chi connectivity index (χ1v) is 6.51. The fourth-order valence-electron chi connectivity index (χ4n) is 2.12. The molecule has 0 saturated heterocycles. The molecule has 96 valence electrons. The molecule has 0 spiro atoms. The van der Waals surface area contributed by atoms with E-state index in [4.69, 9.17) is 0 Å². The van der Waals surface area contributed by atoms with E-state index in [1.807, 2.05) is 26.0 Å². The lowest BCUT2D eigenvalue weighted by Crippen LogP contribution is -2.02. The number of benzene rings is 1. The molecule has 18 heavy (non-hydrogen) atoms. The summed E-state index contributed by atoms with van der Waals surface area (Å²) < 4.78 is 0. The van der Waals surface area contributed by atoms with Gasteiger partial charge in [-0.1, -0.05) is 38.1 Å². The van der Waals surface area contributed by atoms with Crippen molar-refractivity contribution in [2.75, 3.05) is 0 Å². The number of nitrogens with zero attached hydrogens (tertiary/aromatic N) is 1. The van der Waals surface area contributed by atoms with E-state index >= 15 is 0 Å². The molecule has 0 atom stereocenters. The molecule has 1 aromatic carbocycles. The molecule has 0 radical (unpaired) electrons. The minimum Gasteiger partial charge on any atom is -0.259 e. The van der Waals surface area contributed by atoms with Crippen LogP contribution in [0.2, 0.25) is 0 Å². The maximum atomic E-state index is 11.0. The molecule has 0 aliphatic heterocycles. The van der Waals surface area contributed by atoms with Gasteiger partial charge < -0.3 is 0 Å². The van der Waals surface area contributed by atoms with Crippen molar-refractivity contribution >= 4 is 6.08 Å². The smallest absolute Gasteiger partial charge is 0.247 e. The first-order chi connectivity index (χ1) is 8.56. The van der Waals surface area contributed by atoms with Gasteiger partial charge in [-0.05, 0) is 35.8 Å². The van der Waals surface area contributed by atoms with Crippen molar-refractivity contribution in [2.45, 2.75) is 39.0 Å². The van der Waals surface area contributed by atoms with Gasteiger partial charge in [0.2, 0.25) is 5.70 Å². The molecule has 0 heterocycles. The van der Waals surface area contributed by atoms with Crippen LogP contribution >= 0.6 is 0 Å². The second kappa shape index (κ2) is 5.34. The predicted molar refractivity (Wildman–Crippen MR) is 72.8 cm³/mol. The van der Waals surface area contributed by atoms with Gasteiger partial charge in [0.1, 0.15) is 0 Å². The summed E-state index contributed by atoms with van der Waals surface area (Å²) in [6.45, 7) is 4.00. The van der Waals surface area contributed by atoms with Crippen molar-refractivity contribution in [1.29, 1.82) is 0 Å². The SMILES string of the molecule is CC(C)CC(=Cc1cccc(C2CC2)c1)[N+](=O)[O-]. The molecule has 0 N–H and O–H groups in total. The average molecular weight is 245 g/mol. The van der Waals surface area contributed by atoms with Gasteiger partial charge in [0.05, 0.1) is 4.92 Å². The van der Waals surface area contributed by atoms with Crippen LogP contribution in [0.25, 0.3) is 6.08 Å². The Morgan fingerprint density at radius 1 is 1.50 bits per heavy atom. The molecule has 3 heteroatoms. The first kappa shape index (κ1) is 12.8. The van der Waals surface area contributed by atoms with E-state index in [2.05, 4.69) is 12.1 Å². The molecule has 1 saturated carbocycles. The molecule has 0 unspecified atom stereocenters. The highest BCUT2D eigenvalue weighted by Gasteiger charge is 2.23.